The molecule has 0 unspecified atom stereocenters. The summed E-state index contributed by atoms with van der Waals surface area (Å²) in [6.45, 7) is 1.93. The molecule has 0 N–H and O–H groups in total. The van der Waals surface area contributed by atoms with Gasteiger partial charge in [0.25, 0.3) is 0 Å². The van der Waals surface area contributed by atoms with E-state index in [0.29, 0.717) is 19.7 Å². The second kappa shape index (κ2) is 6.98. The van der Waals surface area contributed by atoms with Crippen molar-refractivity contribution in [2.75, 3.05) is 19.7 Å². The summed E-state index contributed by atoms with van der Waals surface area (Å²) in [5.74, 6) is 0.827. The van der Waals surface area contributed by atoms with Gasteiger partial charge in [0.2, 0.25) is 5.91 Å². The van der Waals surface area contributed by atoms with Crippen LogP contribution in [0.2, 0.25) is 0 Å². The van der Waals surface area contributed by atoms with Gasteiger partial charge in [-0.25, -0.2) is 0 Å². The summed E-state index contributed by atoms with van der Waals surface area (Å²) in [5.41, 5.74) is -0.252. The first kappa shape index (κ1) is 16.3. The number of likely N-dealkylation sites (tertiary alicyclic amines) is 1. The Morgan fingerprint density at radius 2 is 2.32 bits per heavy atom. The van der Waals surface area contributed by atoms with E-state index in [9.17, 15) is 4.79 Å². The molecule has 2 aromatic rings. The van der Waals surface area contributed by atoms with Gasteiger partial charge < -0.3 is 14.4 Å². The second-order valence-corrected chi connectivity index (χ2v) is 7.48. The van der Waals surface area contributed by atoms with E-state index in [1.807, 2.05) is 40.6 Å². The first-order valence-electron chi connectivity index (χ1n) is 8.44. The van der Waals surface area contributed by atoms with Crippen LogP contribution in [0.3, 0.4) is 0 Å². The van der Waals surface area contributed by atoms with Crippen molar-refractivity contribution >= 4 is 23.3 Å². The molecule has 25 heavy (non-hydrogen) atoms. The largest absolute Gasteiger partial charge is 0.489 e. The monoisotopic (exact) mass is 356 g/mol. The summed E-state index contributed by atoms with van der Waals surface area (Å²) < 4.78 is 12.0. The predicted molar refractivity (Wildman–Crippen MR) is 96.5 cm³/mol. The Labute approximate surface area is 150 Å². The van der Waals surface area contributed by atoms with E-state index in [1.54, 1.807) is 29.8 Å². The van der Waals surface area contributed by atoms with Crippen molar-refractivity contribution in [3.63, 3.8) is 0 Å². The number of hydrogen-bond acceptors (Lipinski definition) is 5. The number of carbonyl (C=O) groups is 1. The second-order valence-electron chi connectivity index (χ2n) is 6.50. The van der Waals surface area contributed by atoms with Gasteiger partial charge in [0.05, 0.1) is 25.9 Å². The zero-order chi connectivity index (χ0) is 17.1. The third-order valence-corrected chi connectivity index (χ3v) is 5.43. The summed E-state index contributed by atoms with van der Waals surface area (Å²) in [7, 11) is 0. The highest BCUT2D eigenvalue weighted by molar-refractivity contribution is 7.10. The Balaban J connectivity index is 1.31. The molecule has 0 bridgehead atoms. The van der Waals surface area contributed by atoms with Gasteiger partial charge in [-0.05, 0) is 29.7 Å². The van der Waals surface area contributed by atoms with E-state index in [0.717, 1.165) is 23.5 Å². The lowest BCUT2D eigenvalue weighted by atomic mass is 9.84. The van der Waals surface area contributed by atoms with Gasteiger partial charge in [0.15, 0.2) is 0 Å². The highest BCUT2D eigenvalue weighted by atomic mass is 32.1. The van der Waals surface area contributed by atoms with E-state index in [2.05, 4.69) is 4.98 Å². The number of pyridine rings is 1. The van der Waals surface area contributed by atoms with Crippen molar-refractivity contribution in [1.29, 1.82) is 0 Å². The number of nitrogens with zero attached hydrogens (tertiary/aromatic N) is 2. The Hall–Kier alpha value is -2.18. The summed E-state index contributed by atoms with van der Waals surface area (Å²) in [4.78, 5) is 19.3. The zero-order valence-electron chi connectivity index (χ0n) is 13.8. The minimum absolute atomic E-state index is 0.0397. The number of amides is 1. The molecule has 4 rings (SSSR count). The molecule has 2 aromatic heterocycles. The number of aromatic nitrogens is 1. The van der Waals surface area contributed by atoms with Crippen molar-refractivity contribution < 1.29 is 14.3 Å². The van der Waals surface area contributed by atoms with Crippen molar-refractivity contribution in [2.45, 2.75) is 24.5 Å². The molecule has 0 aromatic carbocycles. The van der Waals surface area contributed by atoms with Crippen LogP contribution in [-0.2, 0) is 9.53 Å². The molecule has 1 atom stereocenters. The van der Waals surface area contributed by atoms with Crippen LogP contribution in [0.25, 0.3) is 6.08 Å². The van der Waals surface area contributed by atoms with Crippen LogP contribution >= 0.6 is 11.3 Å². The van der Waals surface area contributed by atoms with Crippen LogP contribution < -0.4 is 4.74 Å². The smallest absolute Gasteiger partial charge is 0.246 e. The van der Waals surface area contributed by atoms with Gasteiger partial charge in [0.1, 0.15) is 17.5 Å². The lowest BCUT2D eigenvalue weighted by molar-refractivity contribution is -0.190. The topological polar surface area (TPSA) is 51.7 Å². The Bertz CT molecular complexity index is 739. The first-order valence-corrected chi connectivity index (χ1v) is 9.32. The number of carbonyl (C=O) groups excluding carboxylic acids is 1. The normalized spacial score (nSPS) is 22.1. The summed E-state index contributed by atoms with van der Waals surface area (Å²) >= 11 is 1.62. The van der Waals surface area contributed by atoms with Crippen LogP contribution in [-0.4, -0.2) is 47.2 Å². The molecule has 6 heteroatoms. The third-order valence-electron chi connectivity index (χ3n) is 4.59. The molecule has 4 heterocycles. The molecule has 0 radical (unpaired) electrons. The molecule has 0 aliphatic carbocycles. The van der Waals surface area contributed by atoms with E-state index in [4.69, 9.17) is 9.47 Å². The number of ether oxygens (including phenoxy) is 2. The van der Waals surface area contributed by atoms with Crippen LogP contribution in [0.4, 0.5) is 0 Å². The fraction of sp³-hybridized carbons (Fsp3) is 0.368. The van der Waals surface area contributed by atoms with Crippen LogP contribution in [0.5, 0.6) is 5.75 Å². The quantitative estimate of drug-likeness (QED) is 0.791. The number of hydrogen-bond donors (Lipinski definition) is 0. The molecule has 2 aliphatic heterocycles. The maximum absolute atomic E-state index is 12.3. The molecular formula is C19H20N2O3S. The van der Waals surface area contributed by atoms with E-state index in [-0.39, 0.29) is 17.6 Å². The van der Waals surface area contributed by atoms with Crippen molar-refractivity contribution in [1.82, 2.24) is 9.88 Å². The minimum Gasteiger partial charge on any atom is -0.489 e. The average Bonchev–Trinajstić information content (AvgIpc) is 3.12. The fourth-order valence-electron chi connectivity index (χ4n) is 3.36. The molecule has 2 fully saturated rings. The fourth-order valence-corrected chi connectivity index (χ4v) is 3.98. The third kappa shape index (κ3) is 3.75. The van der Waals surface area contributed by atoms with Gasteiger partial charge >= 0.3 is 0 Å². The van der Waals surface area contributed by atoms with Crippen molar-refractivity contribution in [2.24, 2.45) is 0 Å². The molecule has 0 saturated carbocycles. The minimum atomic E-state index is -0.252. The summed E-state index contributed by atoms with van der Waals surface area (Å²) in [5, 5.41) is 2.00. The molecule has 1 amide bonds. The maximum Gasteiger partial charge on any atom is 0.246 e. The average molecular weight is 356 g/mol. The predicted octanol–water partition coefficient (Wildman–Crippen LogP) is 3.00. The van der Waals surface area contributed by atoms with E-state index in [1.165, 1.54) is 0 Å². The van der Waals surface area contributed by atoms with Crippen LogP contribution in [0, 0.1) is 0 Å². The molecule has 130 valence electrons. The van der Waals surface area contributed by atoms with Gasteiger partial charge in [0, 0.05) is 30.0 Å². The van der Waals surface area contributed by atoms with Gasteiger partial charge in [-0.2, -0.15) is 0 Å². The lowest BCUT2D eigenvalue weighted by Gasteiger charge is -2.52. The standard InChI is InChI=1S/C19H20N2O3S/c22-18(6-5-17-4-2-10-25-17)21-13-19(14-21)11-15(7-9-23-19)24-16-3-1-8-20-12-16/h1-6,8,10,12,15H,7,9,11,13-14H2/b6-5+/t15-/m0/s1. The van der Waals surface area contributed by atoms with Crippen LogP contribution in [0.15, 0.2) is 48.1 Å². The molecule has 2 aliphatic rings. The number of rotatable bonds is 4. The molecular weight excluding hydrogens is 336 g/mol. The van der Waals surface area contributed by atoms with E-state index < -0.39 is 0 Å². The van der Waals surface area contributed by atoms with Crippen LogP contribution in [0.1, 0.15) is 17.7 Å². The van der Waals surface area contributed by atoms with Gasteiger partial charge in [-0.3, -0.25) is 9.78 Å². The molecule has 2 saturated heterocycles. The first-order chi connectivity index (χ1) is 12.2. The van der Waals surface area contributed by atoms with Crippen molar-refractivity contribution in [3.05, 3.63) is 53.0 Å². The highest BCUT2D eigenvalue weighted by Gasteiger charge is 2.49. The Kier molecular flexibility index (Phi) is 4.55. The van der Waals surface area contributed by atoms with Gasteiger partial charge in [-0.15, -0.1) is 11.3 Å². The lowest BCUT2D eigenvalue weighted by Crippen LogP contribution is -2.67. The maximum atomic E-state index is 12.3. The zero-order valence-corrected chi connectivity index (χ0v) is 14.7. The number of thiophene rings is 1. The van der Waals surface area contributed by atoms with Gasteiger partial charge in [-0.1, -0.05) is 6.07 Å². The van der Waals surface area contributed by atoms with Crippen molar-refractivity contribution in [3.8, 4) is 5.75 Å². The SMILES string of the molecule is O=C(/C=C/c1cccs1)N1CC2(C[C@@H](Oc3cccnc3)CCO2)C1. The summed E-state index contributed by atoms with van der Waals surface area (Å²) in [6.07, 6.45) is 8.75. The Morgan fingerprint density at radius 3 is 3.08 bits per heavy atom. The summed E-state index contributed by atoms with van der Waals surface area (Å²) in [6, 6.07) is 7.76. The Morgan fingerprint density at radius 1 is 1.40 bits per heavy atom. The van der Waals surface area contributed by atoms with E-state index >= 15 is 0 Å². The highest BCUT2D eigenvalue weighted by Crippen LogP contribution is 2.35. The molecule has 5 nitrogen and oxygen atoms in total. The molecule has 1 spiro atoms.